The van der Waals surface area contributed by atoms with Gasteiger partial charge in [0.15, 0.2) is 10.3 Å². The Morgan fingerprint density at radius 2 is 1.91 bits per heavy atom. The number of morpholine rings is 1. The lowest BCUT2D eigenvalue weighted by Crippen LogP contribution is -2.37. The van der Waals surface area contributed by atoms with E-state index >= 15 is 0 Å². The van der Waals surface area contributed by atoms with Crippen LogP contribution in [0.2, 0.25) is 0 Å². The number of anilines is 2. The fourth-order valence-electron chi connectivity index (χ4n) is 2.98. The Labute approximate surface area is 196 Å². The third-order valence-corrected chi connectivity index (χ3v) is 5.66. The number of ether oxygens (including phenoxy) is 2. The van der Waals surface area contributed by atoms with E-state index in [1.165, 1.54) is 11.8 Å². The Balaban J connectivity index is 1.46. The maximum absolute atomic E-state index is 5.47. The lowest BCUT2D eigenvalue weighted by Gasteiger charge is -2.28. The molecule has 1 aliphatic heterocycles. The fraction of sp³-hybridized carbons (Fsp3) is 0.286. The molecule has 2 N–H and O–H groups in total. The van der Waals surface area contributed by atoms with Gasteiger partial charge in [-0.1, -0.05) is 12.1 Å². The zero-order valence-corrected chi connectivity index (χ0v) is 19.2. The molecule has 1 saturated heterocycles. The van der Waals surface area contributed by atoms with Crippen molar-refractivity contribution in [2.45, 2.75) is 16.7 Å². The largest absolute Gasteiger partial charge is 0.497 e. The van der Waals surface area contributed by atoms with Crippen LogP contribution in [0.3, 0.4) is 0 Å². The summed E-state index contributed by atoms with van der Waals surface area (Å²) in [6.45, 7) is 3.43. The van der Waals surface area contributed by atoms with E-state index in [-0.39, 0.29) is 0 Å². The standard InChI is InChI=1S/C21H23N7O2S2/c1-29-16-5-3-15(4-6-16)14-24-20(31)27-19-25-17(28-9-11-30-12-10-28)13-18(26-19)32-21-22-7-2-8-23-21/h2-8,13H,9-12,14H2,1H3,(H2,24,25,26,27,31). The van der Waals surface area contributed by atoms with Gasteiger partial charge in [0.05, 0.1) is 20.3 Å². The maximum Gasteiger partial charge on any atom is 0.232 e. The highest BCUT2D eigenvalue weighted by molar-refractivity contribution is 7.99. The van der Waals surface area contributed by atoms with E-state index in [1.54, 1.807) is 25.6 Å². The van der Waals surface area contributed by atoms with E-state index in [2.05, 4.69) is 35.5 Å². The molecule has 1 aliphatic rings. The highest BCUT2D eigenvalue weighted by atomic mass is 32.2. The Morgan fingerprint density at radius 3 is 2.62 bits per heavy atom. The molecular weight excluding hydrogens is 446 g/mol. The number of hydrogen-bond donors (Lipinski definition) is 2. The monoisotopic (exact) mass is 469 g/mol. The van der Waals surface area contributed by atoms with Crippen LogP contribution in [0.25, 0.3) is 0 Å². The minimum Gasteiger partial charge on any atom is -0.497 e. The Kier molecular flexibility index (Phi) is 7.64. The Morgan fingerprint density at radius 1 is 1.16 bits per heavy atom. The molecule has 3 aromatic rings. The molecule has 11 heteroatoms. The first-order valence-electron chi connectivity index (χ1n) is 10.0. The molecule has 0 unspecified atom stereocenters. The minimum absolute atomic E-state index is 0.416. The van der Waals surface area contributed by atoms with Gasteiger partial charge in [-0.05, 0) is 47.7 Å². The number of methoxy groups -OCH3 is 1. The lowest BCUT2D eigenvalue weighted by atomic mass is 10.2. The molecule has 4 rings (SSSR count). The van der Waals surface area contributed by atoms with Gasteiger partial charge in [-0.2, -0.15) is 4.98 Å². The molecule has 0 atom stereocenters. The summed E-state index contributed by atoms with van der Waals surface area (Å²) in [5.74, 6) is 2.04. The molecule has 166 valence electrons. The number of aromatic nitrogens is 4. The van der Waals surface area contributed by atoms with Gasteiger partial charge in [-0.25, -0.2) is 15.0 Å². The van der Waals surface area contributed by atoms with Crippen molar-refractivity contribution in [3.63, 3.8) is 0 Å². The Bertz CT molecular complexity index is 1030. The number of nitrogens with one attached hydrogen (secondary N) is 2. The van der Waals surface area contributed by atoms with E-state index < -0.39 is 0 Å². The van der Waals surface area contributed by atoms with Crippen molar-refractivity contribution < 1.29 is 9.47 Å². The summed E-state index contributed by atoms with van der Waals surface area (Å²) in [4.78, 5) is 20.0. The van der Waals surface area contributed by atoms with Crippen molar-refractivity contribution in [3.8, 4) is 5.75 Å². The number of benzene rings is 1. The first-order valence-corrected chi connectivity index (χ1v) is 11.3. The van der Waals surface area contributed by atoms with Crippen LogP contribution in [-0.4, -0.2) is 58.5 Å². The van der Waals surface area contributed by atoms with Crippen LogP contribution in [0.5, 0.6) is 5.75 Å². The van der Waals surface area contributed by atoms with Crippen LogP contribution in [0.4, 0.5) is 11.8 Å². The summed E-state index contributed by atoms with van der Waals surface area (Å²) in [7, 11) is 1.65. The number of rotatable bonds is 7. The summed E-state index contributed by atoms with van der Waals surface area (Å²) in [6, 6.07) is 11.5. The molecule has 1 aromatic carbocycles. The molecule has 0 spiro atoms. The van der Waals surface area contributed by atoms with Gasteiger partial charge in [0.25, 0.3) is 0 Å². The van der Waals surface area contributed by atoms with Crippen LogP contribution < -0.4 is 20.3 Å². The smallest absolute Gasteiger partial charge is 0.232 e. The number of hydrogen-bond acceptors (Lipinski definition) is 9. The van der Waals surface area contributed by atoms with E-state index in [0.717, 1.165) is 35.2 Å². The second-order valence-corrected chi connectivity index (χ2v) is 8.17. The first-order chi connectivity index (χ1) is 15.7. The van der Waals surface area contributed by atoms with Gasteiger partial charge in [0.1, 0.15) is 16.6 Å². The fourth-order valence-corrected chi connectivity index (χ4v) is 3.85. The molecule has 0 saturated carbocycles. The van der Waals surface area contributed by atoms with E-state index in [4.69, 9.17) is 21.7 Å². The van der Waals surface area contributed by atoms with Crippen LogP contribution in [0, 0.1) is 0 Å². The van der Waals surface area contributed by atoms with Gasteiger partial charge < -0.3 is 25.0 Å². The SMILES string of the molecule is COc1ccc(CNC(=S)Nc2nc(Sc3ncccn3)cc(N3CCOCC3)n2)cc1. The zero-order chi connectivity index (χ0) is 22.2. The molecule has 2 aromatic heterocycles. The second-order valence-electron chi connectivity index (χ2n) is 6.78. The van der Waals surface area contributed by atoms with Gasteiger partial charge in [0, 0.05) is 38.1 Å². The molecule has 32 heavy (non-hydrogen) atoms. The van der Waals surface area contributed by atoms with E-state index in [0.29, 0.717) is 36.0 Å². The predicted octanol–water partition coefficient (Wildman–Crippen LogP) is 2.75. The van der Waals surface area contributed by atoms with Crippen LogP contribution >= 0.6 is 24.0 Å². The molecule has 0 aliphatic carbocycles. The average molecular weight is 470 g/mol. The molecule has 1 fully saturated rings. The summed E-state index contributed by atoms with van der Waals surface area (Å²) < 4.78 is 10.7. The van der Waals surface area contributed by atoms with Crippen molar-refractivity contribution in [1.82, 2.24) is 25.3 Å². The summed E-state index contributed by atoms with van der Waals surface area (Å²) in [6.07, 6.45) is 3.41. The lowest BCUT2D eigenvalue weighted by molar-refractivity contribution is 0.122. The molecule has 0 amide bonds. The van der Waals surface area contributed by atoms with Crippen molar-refractivity contribution >= 4 is 40.9 Å². The molecule has 0 bridgehead atoms. The molecule has 9 nitrogen and oxygen atoms in total. The van der Waals surface area contributed by atoms with Crippen LogP contribution in [0.15, 0.2) is 59.0 Å². The highest BCUT2D eigenvalue weighted by Crippen LogP contribution is 2.27. The van der Waals surface area contributed by atoms with E-state index in [1.807, 2.05) is 30.3 Å². The number of nitrogens with zero attached hydrogens (tertiary/aromatic N) is 5. The Hall–Kier alpha value is -3.02. The maximum atomic E-state index is 5.47. The number of thiocarbonyl (C=S) groups is 1. The van der Waals surface area contributed by atoms with Crippen molar-refractivity contribution in [2.75, 3.05) is 43.6 Å². The predicted molar refractivity (Wildman–Crippen MR) is 127 cm³/mol. The van der Waals surface area contributed by atoms with Gasteiger partial charge in [-0.15, -0.1) is 0 Å². The third-order valence-electron chi connectivity index (χ3n) is 4.60. The van der Waals surface area contributed by atoms with E-state index in [9.17, 15) is 0 Å². The van der Waals surface area contributed by atoms with Gasteiger partial charge in [-0.3, -0.25) is 0 Å². The van der Waals surface area contributed by atoms with Gasteiger partial charge in [0.2, 0.25) is 5.95 Å². The van der Waals surface area contributed by atoms with Crippen LogP contribution in [0.1, 0.15) is 5.56 Å². The quantitative estimate of drug-likeness (QED) is 0.304. The topological polar surface area (TPSA) is 97.3 Å². The normalized spacial score (nSPS) is 13.5. The third kappa shape index (κ3) is 6.25. The summed E-state index contributed by atoms with van der Waals surface area (Å²) >= 11 is 6.84. The highest BCUT2D eigenvalue weighted by Gasteiger charge is 2.16. The van der Waals surface area contributed by atoms with Crippen molar-refractivity contribution in [2.24, 2.45) is 0 Å². The summed E-state index contributed by atoms with van der Waals surface area (Å²) in [5, 5.41) is 8.07. The molecule has 3 heterocycles. The second kappa shape index (κ2) is 11.0. The van der Waals surface area contributed by atoms with Crippen molar-refractivity contribution in [1.29, 1.82) is 0 Å². The van der Waals surface area contributed by atoms with Crippen molar-refractivity contribution in [3.05, 3.63) is 54.4 Å². The molecular formula is C21H23N7O2S2. The minimum atomic E-state index is 0.416. The molecule has 0 radical (unpaired) electrons. The van der Waals surface area contributed by atoms with Gasteiger partial charge >= 0.3 is 0 Å². The average Bonchev–Trinajstić information content (AvgIpc) is 2.84. The first kappa shape index (κ1) is 22.2. The summed E-state index contributed by atoms with van der Waals surface area (Å²) in [5.41, 5.74) is 1.08. The van der Waals surface area contributed by atoms with Crippen LogP contribution in [-0.2, 0) is 11.3 Å². The zero-order valence-electron chi connectivity index (χ0n) is 17.5.